The molecule has 0 bridgehead atoms. The number of benzene rings is 2. The molecule has 2 aromatic carbocycles. The van der Waals surface area contributed by atoms with Crippen molar-refractivity contribution in [3.8, 4) is 11.5 Å². The SMILES string of the molecule is COc1cc(C(=N)N)ccc1OC(=O)CCCc1ccc(N)cc1.CS(=O)(=O)O.CS(=O)(=O)O. The molecule has 2 aromatic rings. The molecule has 0 aromatic heterocycles. The molecule has 0 aliphatic carbocycles. The van der Waals surface area contributed by atoms with Gasteiger partial charge in [0.15, 0.2) is 11.5 Å². The molecule has 12 nitrogen and oxygen atoms in total. The molecule has 0 saturated carbocycles. The van der Waals surface area contributed by atoms with E-state index in [1.165, 1.54) is 7.11 Å². The number of carbonyl (C=O) groups is 1. The third-order valence-electron chi connectivity index (χ3n) is 3.52. The maximum absolute atomic E-state index is 12.0. The van der Waals surface area contributed by atoms with Crippen LogP contribution in [0, 0.1) is 5.41 Å². The monoisotopic (exact) mass is 519 g/mol. The molecule has 0 aliphatic rings. The Morgan fingerprint density at radius 3 is 1.91 bits per heavy atom. The minimum Gasteiger partial charge on any atom is -0.493 e. The number of rotatable bonds is 7. The van der Waals surface area contributed by atoms with Crippen molar-refractivity contribution in [1.29, 1.82) is 5.41 Å². The van der Waals surface area contributed by atoms with Crippen molar-refractivity contribution in [2.75, 3.05) is 25.4 Å². The lowest BCUT2D eigenvalue weighted by Crippen LogP contribution is -2.12. The molecule has 0 fully saturated rings. The first-order valence-corrected chi connectivity index (χ1v) is 13.1. The molecule has 34 heavy (non-hydrogen) atoms. The van der Waals surface area contributed by atoms with Gasteiger partial charge in [-0.05, 0) is 48.7 Å². The van der Waals surface area contributed by atoms with Gasteiger partial charge in [0.25, 0.3) is 20.2 Å². The predicted octanol–water partition coefficient (Wildman–Crippen LogP) is 1.50. The fraction of sp³-hybridized carbons (Fsp3) is 0.300. The summed E-state index contributed by atoms with van der Waals surface area (Å²) in [5.41, 5.74) is 13.4. The summed E-state index contributed by atoms with van der Waals surface area (Å²) in [7, 11) is -5.86. The van der Waals surface area contributed by atoms with Crippen LogP contribution in [0.1, 0.15) is 24.0 Å². The van der Waals surface area contributed by atoms with E-state index in [0.717, 1.165) is 17.7 Å². The molecule has 0 radical (unpaired) electrons. The zero-order valence-corrected chi connectivity index (χ0v) is 20.5. The minimum absolute atomic E-state index is 0.0744. The average Bonchev–Trinajstić information content (AvgIpc) is 2.67. The maximum Gasteiger partial charge on any atom is 0.311 e. The fourth-order valence-electron chi connectivity index (χ4n) is 2.21. The molecule has 2 rings (SSSR count). The molecule has 190 valence electrons. The Bertz CT molecular complexity index is 1120. The number of methoxy groups -OCH3 is 1. The lowest BCUT2D eigenvalue weighted by Gasteiger charge is -2.10. The highest BCUT2D eigenvalue weighted by Crippen LogP contribution is 2.28. The van der Waals surface area contributed by atoms with Crippen LogP contribution < -0.4 is 20.9 Å². The van der Waals surface area contributed by atoms with Crippen LogP contribution in [-0.2, 0) is 31.5 Å². The number of amidine groups is 1. The van der Waals surface area contributed by atoms with Gasteiger partial charge in [-0.25, -0.2) is 0 Å². The Labute approximate surface area is 198 Å². The highest BCUT2D eigenvalue weighted by molar-refractivity contribution is 7.85. The van der Waals surface area contributed by atoms with Crippen LogP contribution in [0.25, 0.3) is 0 Å². The van der Waals surface area contributed by atoms with Gasteiger partial charge in [-0.2, -0.15) is 16.8 Å². The highest BCUT2D eigenvalue weighted by atomic mass is 32.2. The second-order valence-electron chi connectivity index (χ2n) is 6.81. The lowest BCUT2D eigenvalue weighted by atomic mass is 10.1. The van der Waals surface area contributed by atoms with E-state index in [9.17, 15) is 21.6 Å². The number of esters is 1. The number of aryl methyl sites for hydroxylation is 1. The van der Waals surface area contributed by atoms with Crippen molar-refractivity contribution in [3.05, 3.63) is 53.6 Å². The van der Waals surface area contributed by atoms with Crippen LogP contribution in [0.4, 0.5) is 5.69 Å². The van der Waals surface area contributed by atoms with Gasteiger partial charge >= 0.3 is 5.97 Å². The first-order chi connectivity index (χ1) is 15.5. The molecule has 0 heterocycles. The third-order valence-corrected chi connectivity index (χ3v) is 3.52. The van der Waals surface area contributed by atoms with Gasteiger partial charge in [-0.1, -0.05) is 12.1 Å². The van der Waals surface area contributed by atoms with Crippen molar-refractivity contribution in [2.45, 2.75) is 19.3 Å². The summed E-state index contributed by atoms with van der Waals surface area (Å²) in [5, 5.41) is 7.41. The molecule has 7 N–H and O–H groups in total. The van der Waals surface area contributed by atoms with Gasteiger partial charge in [0.2, 0.25) is 0 Å². The number of ether oxygens (including phenoxy) is 2. The van der Waals surface area contributed by atoms with Crippen LogP contribution in [0.2, 0.25) is 0 Å². The Morgan fingerprint density at radius 1 is 0.971 bits per heavy atom. The number of anilines is 1. The largest absolute Gasteiger partial charge is 0.493 e. The summed E-state index contributed by atoms with van der Waals surface area (Å²) in [6.45, 7) is 0. The summed E-state index contributed by atoms with van der Waals surface area (Å²) in [4.78, 5) is 12.0. The van der Waals surface area contributed by atoms with E-state index < -0.39 is 20.2 Å². The zero-order chi connectivity index (χ0) is 26.5. The number of nitrogen functional groups attached to an aromatic ring is 2. The summed E-state index contributed by atoms with van der Waals surface area (Å²) in [6.07, 6.45) is 3.17. The molecule has 0 atom stereocenters. The van der Waals surface area contributed by atoms with Crippen molar-refractivity contribution in [2.24, 2.45) is 5.73 Å². The summed E-state index contributed by atoms with van der Waals surface area (Å²) in [5.74, 6) is 0.281. The first-order valence-electron chi connectivity index (χ1n) is 9.42. The number of carbonyl (C=O) groups excluding carboxylic acids is 1. The molecule has 14 heteroatoms. The lowest BCUT2D eigenvalue weighted by molar-refractivity contribution is -0.134. The molecular formula is C20H29N3O9S2. The number of nitrogens with one attached hydrogen (secondary N) is 1. The second-order valence-corrected chi connectivity index (χ2v) is 9.75. The quantitative estimate of drug-likeness (QED) is 0.0880. The van der Waals surface area contributed by atoms with Gasteiger partial charge in [0.1, 0.15) is 5.84 Å². The molecular weight excluding hydrogens is 490 g/mol. The number of hydrogen-bond donors (Lipinski definition) is 5. The van der Waals surface area contributed by atoms with Crippen molar-refractivity contribution < 1.29 is 40.2 Å². The van der Waals surface area contributed by atoms with E-state index in [1.807, 2.05) is 24.3 Å². The van der Waals surface area contributed by atoms with Crippen molar-refractivity contribution in [1.82, 2.24) is 0 Å². The predicted molar refractivity (Wildman–Crippen MR) is 128 cm³/mol. The van der Waals surface area contributed by atoms with E-state index in [4.69, 9.17) is 35.5 Å². The van der Waals surface area contributed by atoms with Gasteiger partial charge in [0, 0.05) is 17.7 Å². The highest BCUT2D eigenvalue weighted by Gasteiger charge is 2.12. The third kappa shape index (κ3) is 17.4. The molecule has 0 aliphatic heterocycles. The Morgan fingerprint density at radius 2 is 1.47 bits per heavy atom. The smallest absolute Gasteiger partial charge is 0.311 e. The minimum atomic E-state index is -3.67. The van der Waals surface area contributed by atoms with Crippen LogP contribution in [0.15, 0.2) is 42.5 Å². The van der Waals surface area contributed by atoms with Gasteiger partial charge in [-0.3, -0.25) is 19.3 Å². The van der Waals surface area contributed by atoms with Gasteiger partial charge in [-0.15, -0.1) is 0 Å². The molecule has 0 amide bonds. The van der Waals surface area contributed by atoms with Crippen molar-refractivity contribution >= 4 is 37.7 Å². The van der Waals surface area contributed by atoms with E-state index in [2.05, 4.69) is 0 Å². The normalized spacial score (nSPS) is 10.6. The summed E-state index contributed by atoms with van der Waals surface area (Å²) in [6, 6.07) is 12.3. The fourth-order valence-corrected chi connectivity index (χ4v) is 2.21. The van der Waals surface area contributed by atoms with E-state index >= 15 is 0 Å². The maximum atomic E-state index is 12.0. The number of nitrogens with two attached hydrogens (primary N) is 2. The zero-order valence-electron chi connectivity index (χ0n) is 18.9. The topological polar surface area (TPSA) is 220 Å². The Kier molecular flexibility index (Phi) is 12.8. The van der Waals surface area contributed by atoms with E-state index in [0.29, 0.717) is 42.4 Å². The van der Waals surface area contributed by atoms with Crippen LogP contribution in [0.3, 0.4) is 0 Å². The number of hydrogen-bond acceptors (Lipinski definition) is 9. The second kappa shape index (κ2) is 14.1. The Balaban J connectivity index is 0.000000916. The average molecular weight is 520 g/mol. The van der Waals surface area contributed by atoms with Crippen molar-refractivity contribution in [3.63, 3.8) is 0 Å². The Hall–Kier alpha value is -3.20. The molecule has 0 saturated heterocycles. The van der Waals surface area contributed by atoms with E-state index in [-0.39, 0.29) is 11.8 Å². The standard InChI is InChI=1S/C18H21N3O3.2CH4O3S/c1-23-16-11-13(18(20)21)7-10-15(16)24-17(22)4-2-3-12-5-8-14(19)9-6-12;2*1-5(2,3)4/h5-11H,2-4,19H2,1H3,(H3,20,21);2*1H3,(H,2,3,4). The summed E-state index contributed by atoms with van der Waals surface area (Å²) >= 11 is 0. The summed E-state index contributed by atoms with van der Waals surface area (Å²) < 4.78 is 62.2. The van der Waals surface area contributed by atoms with Gasteiger partial charge in [0.05, 0.1) is 19.6 Å². The van der Waals surface area contributed by atoms with Crippen LogP contribution >= 0.6 is 0 Å². The van der Waals surface area contributed by atoms with Crippen LogP contribution in [0.5, 0.6) is 11.5 Å². The molecule has 0 spiro atoms. The van der Waals surface area contributed by atoms with Gasteiger partial charge < -0.3 is 20.9 Å². The first kappa shape index (κ1) is 30.8. The van der Waals surface area contributed by atoms with E-state index in [1.54, 1.807) is 18.2 Å². The van der Waals surface area contributed by atoms with Crippen LogP contribution in [-0.4, -0.2) is 57.4 Å². The molecule has 0 unspecified atom stereocenters.